The van der Waals surface area contributed by atoms with Gasteiger partial charge in [0.2, 0.25) is 5.91 Å². The lowest BCUT2D eigenvalue weighted by molar-refractivity contribution is -0.115. The first-order valence-corrected chi connectivity index (χ1v) is 16.6. The molecule has 46 heavy (non-hydrogen) atoms. The van der Waals surface area contributed by atoms with Crippen LogP contribution in [0.4, 0.5) is 17.1 Å². The molecule has 0 saturated carbocycles. The van der Waals surface area contributed by atoms with Gasteiger partial charge in [-0.25, -0.2) is 0 Å². The number of aryl methyl sites for hydroxylation is 2. The van der Waals surface area contributed by atoms with Crippen LogP contribution in [-0.4, -0.2) is 23.5 Å². The van der Waals surface area contributed by atoms with Gasteiger partial charge in [-0.2, -0.15) is 0 Å². The maximum Gasteiger partial charge on any atom is 0.272 e. The molecule has 1 heterocycles. The number of anilines is 3. The standard InChI is InChI=1S/C38H30BrN3O3S/c39-30-14-8-9-26(23-30)24-33(41-37(44)29-12-2-1-3-13-29)38(45)40-31-19-21-32(22-20-31)46-25-36(43)42-34-15-6-4-10-27(34)17-18-28-11-5-7-16-35(28)42/h1-16,19-24H,17-18,25H2,(H,40,45)(H,41,44)/b33-24-. The van der Waals surface area contributed by atoms with E-state index in [1.54, 1.807) is 42.5 Å². The average Bonchev–Trinajstić information content (AvgIpc) is 3.25. The van der Waals surface area contributed by atoms with Crippen LogP contribution < -0.4 is 15.5 Å². The van der Waals surface area contributed by atoms with Crippen LogP contribution in [0.25, 0.3) is 6.08 Å². The Morgan fingerprint density at radius 3 is 2.02 bits per heavy atom. The zero-order valence-corrected chi connectivity index (χ0v) is 27.2. The molecule has 0 fully saturated rings. The molecule has 0 spiro atoms. The van der Waals surface area contributed by atoms with Gasteiger partial charge in [0.25, 0.3) is 11.8 Å². The van der Waals surface area contributed by atoms with Crippen LogP contribution in [0, 0.1) is 0 Å². The number of para-hydroxylation sites is 2. The molecule has 1 aliphatic heterocycles. The van der Waals surface area contributed by atoms with Gasteiger partial charge in [-0.1, -0.05) is 82.7 Å². The highest BCUT2D eigenvalue weighted by atomic mass is 79.9. The van der Waals surface area contributed by atoms with E-state index in [1.165, 1.54) is 11.8 Å². The summed E-state index contributed by atoms with van der Waals surface area (Å²) in [7, 11) is 0. The maximum absolute atomic E-state index is 13.7. The lowest BCUT2D eigenvalue weighted by atomic mass is 10.0. The SMILES string of the molecule is O=C(Nc1ccc(SCC(=O)N2c3ccccc3CCc3ccccc32)cc1)/C(=C/c1cccc(Br)c1)NC(=O)c1ccccc1. The fourth-order valence-electron chi connectivity index (χ4n) is 5.30. The first-order chi connectivity index (χ1) is 22.4. The minimum absolute atomic E-state index is 0.000615. The van der Waals surface area contributed by atoms with E-state index in [-0.39, 0.29) is 23.3 Å². The first kappa shape index (κ1) is 31.1. The van der Waals surface area contributed by atoms with E-state index < -0.39 is 5.91 Å². The van der Waals surface area contributed by atoms with E-state index in [0.29, 0.717) is 11.3 Å². The summed E-state index contributed by atoms with van der Waals surface area (Å²) < 4.78 is 0.853. The summed E-state index contributed by atoms with van der Waals surface area (Å²) in [4.78, 5) is 42.8. The number of thioether (sulfide) groups is 1. The number of hydrogen-bond donors (Lipinski definition) is 2. The summed E-state index contributed by atoms with van der Waals surface area (Å²) in [5.41, 5.74) is 6.04. The van der Waals surface area contributed by atoms with Gasteiger partial charge in [-0.15, -0.1) is 11.8 Å². The second-order valence-electron chi connectivity index (χ2n) is 10.7. The van der Waals surface area contributed by atoms with Gasteiger partial charge in [0.05, 0.1) is 17.1 Å². The lowest BCUT2D eigenvalue weighted by Crippen LogP contribution is -2.30. The number of rotatable bonds is 8. The molecule has 3 amide bonds. The van der Waals surface area contributed by atoms with Crippen LogP contribution in [0.3, 0.4) is 0 Å². The van der Waals surface area contributed by atoms with Crippen molar-refractivity contribution in [3.8, 4) is 0 Å². The summed E-state index contributed by atoms with van der Waals surface area (Å²) in [5.74, 6) is -0.596. The van der Waals surface area contributed by atoms with Crippen LogP contribution in [0.15, 0.2) is 142 Å². The number of fused-ring (bicyclic) bond motifs is 2. The predicted octanol–water partition coefficient (Wildman–Crippen LogP) is 8.41. The van der Waals surface area contributed by atoms with Crippen LogP contribution >= 0.6 is 27.7 Å². The molecule has 0 saturated heterocycles. The number of carbonyl (C=O) groups is 3. The highest BCUT2D eigenvalue weighted by Crippen LogP contribution is 2.37. The van der Waals surface area contributed by atoms with E-state index in [4.69, 9.17) is 0 Å². The van der Waals surface area contributed by atoms with Crippen molar-refractivity contribution < 1.29 is 14.4 Å². The smallest absolute Gasteiger partial charge is 0.272 e. The minimum atomic E-state index is -0.460. The summed E-state index contributed by atoms with van der Waals surface area (Å²) in [6.07, 6.45) is 3.40. The molecule has 6 nitrogen and oxygen atoms in total. The Morgan fingerprint density at radius 1 is 0.739 bits per heavy atom. The quantitative estimate of drug-likeness (QED) is 0.127. The van der Waals surface area contributed by atoms with Crippen molar-refractivity contribution in [3.63, 3.8) is 0 Å². The van der Waals surface area contributed by atoms with Crippen molar-refractivity contribution in [2.75, 3.05) is 16.0 Å². The third-order valence-corrected chi connectivity index (χ3v) is 9.03. The minimum Gasteiger partial charge on any atom is -0.321 e. The van der Waals surface area contributed by atoms with Gasteiger partial charge >= 0.3 is 0 Å². The molecule has 5 aromatic rings. The molecular formula is C38H30BrN3O3S. The number of hydrogen-bond acceptors (Lipinski definition) is 4. The number of carbonyl (C=O) groups excluding carboxylic acids is 3. The van der Waals surface area contributed by atoms with Crippen molar-refractivity contribution in [1.82, 2.24) is 5.32 Å². The summed E-state index contributed by atoms with van der Waals surface area (Å²) in [6.45, 7) is 0. The van der Waals surface area contributed by atoms with Crippen LogP contribution in [0.2, 0.25) is 0 Å². The van der Waals surface area contributed by atoms with Crippen molar-refractivity contribution >= 4 is 68.6 Å². The molecule has 5 aromatic carbocycles. The zero-order valence-electron chi connectivity index (χ0n) is 24.8. The van der Waals surface area contributed by atoms with Gasteiger partial charge in [0.1, 0.15) is 5.70 Å². The Hall–Kier alpha value is -4.92. The molecule has 0 bridgehead atoms. The molecular weight excluding hydrogens is 658 g/mol. The van der Waals surface area contributed by atoms with E-state index in [9.17, 15) is 14.4 Å². The molecule has 228 valence electrons. The normalized spacial score (nSPS) is 12.4. The Bertz CT molecular complexity index is 1880. The predicted molar refractivity (Wildman–Crippen MR) is 189 cm³/mol. The fourth-order valence-corrected chi connectivity index (χ4v) is 6.46. The molecule has 6 rings (SSSR count). The second-order valence-corrected chi connectivity index (χ2v) is 12.7. The lowest BCUT2D eigenvalue weighted by Gasteiger charge is -2.25. The van der Waals surface area contributed by atoms with Crippen molar-refractivity contribution in [1.29, 1.82) is 0 Å². The summed E-state index contributed by atoms with van der Waals surface area (Å²) >= 11 is 4.90. The zero-order chi connectivity index (χ0) is 31.9. The Balaban J connectivity index is 1.15. The number of amides is 3. The Kier molecular flexibility index (Phi) is 9.76. The molecule has 0 unspecified atom stereocenters. The average molecular weight is 689 g/mol. The monoisotopic (exact) mass is 687 g/mol. The molecule has 8 heteroatoms. The van der Waals surface area contributed by atoms with E-state index in [2.05, 4.69) is 38.7 Å². The number of nitrogens with one attached hydrogen (secondary N) is 2. The Morgan fingerprint density at radius 2 is 1.37 bits per heavy atom. The third-order valence-electron chi connectivity index (χ3n) is 7.54. The summed E-state index contributed by atoms with van der Waals surface area (Å²) in [6, 6.07) is 39.7. The molecule has 2 N–H and O–H groups in total. The third kappa shape index (κ3) is 7.47. The highest BCUT2D eigenvalue weighted by Gasteiger charge is 2.25. The Labute approximate surface area is 280 Å². The first-order valence-electron chi connectivity index (χ1n) is 14.8. The van der Waals surface area contributed by atoms with Crippen LogP contribution in [-0.2, 0) is 22.4 Å². The largest absolute Gasteiger partial charge is 0.321 e. The van der Waals surface area contributed by atoms with Crippen molar-refractivity contribution in [2.24, 2.45) is 0 Å². The molecule has 0 aliphatic carbocycles. The molecule has 0 aromatic heterocycles. The molecule has 0 atom stereocenters. The van der Waals surface area contributed by atoms with Gasteiger partial charge in [0, 0.05) is 20.6 Å². The fraction of sp³-hybridized carbons (Fsp3) is 0.0789. The van der Waals surface area contributed by atoms with Gasteiger partial charge in [0.15, 0.2) is 0 Å². The summed E-state index contributed by atoms with van der Waals surface area (Å²) in [5, 5.41) is 5.65. The topological polar surface area (TPSA) is 78.5 Å². The van der Waals surface area contributed by atoms with Gasteiger partial charge in [-0.05, 0) is 96.3 Å². The van der Waals surface area contributed by atoms with Crippen molar-refractivity contribution in [3.05, 3.63) is 160 Å². The maximum atomic E-state index is 13.7. The van der Waals surface area contributed by atoms with Crippen molar-refractivity contribution in [2.45, 2.75) is 17.7 Å². The van der Waals surface area contributed by atoms with E-state index >= 15 is 0 Å². The number of benzene rings is 5. The van der Waals surface area contributed by atoms with Gasteiger partial charge < -0.3 is 10.6 Å². The van der Waals surface area contributed by atoms with Gasteiger partial charge in [-0.3, -0.25) is 19.3 Å². The van der Waals surface area contributed by atoms with Crippen LogP contribution in [0.1, 0.15) is 27.0 Å². The highest BCUT2D eigenvalue weighted by molar-refractivity contribution is 9.10. The molecule has 0 radical (unpaired) electrons. The molecule has 1 aliphatic rings. The second kappa shape index (κ2) is 14.5. The van der Waals surface area contributed by atoms with E-state index in [1.807, 2.05) is 83.8 Å². The van der Waals surface area contributed by atoms with E-state index in [0.717, 1.165) is 50.3 Å². The van der Waals surface area contributed by atoms with Crippen LogP contribution in [0.5, 0.6) is 0 Å². The number of halogens is 1. The number of nitrogens with zero attached hydrogens (tertiary/aromatic N) is 1.